The van der Waals surface area contributed by atoms with Crippen molar-refractivity contribution in [2.24, 2.45) is 13.0 Å². The molecular weight excluding hydrogens is 434 g/mol. The van der Waals surface area contributed by atoms with Gasteiger partial charge in [-0.15, -0.1) is 0 Å². The van der Waals surface area contributed by atoms with Crippen molar-refractivity contribution in [3.05, 3.63) is 66.7 Å². The lowest BCUT2D eigenvalue weighted by Gasteiger charge is -2.29. The summed E-state index contributed by atoms with van der Waals surface area (Å²) in [5.41, 5.74) is 7.63. The Balaban J connectivity index is 1.49. The van der Waals surface area contributed by atoms with Gasteiger partial charge in [-0.05, 0) is 68.7 Å². The van der Waals surface area contributed by atoms with E-state index in [1.807, 2.05) is 54.7 Å². The lowest BCUT2D eigenvalue weighted by atomic mass is 9.96. The molecule has 174 valence electrons. The molecule has 7 nitrogen and oxygen atoms in total. The fourth-order valence-electron chi connectivity index (χ4n) is 5.21. The summed E-state index contributed by atoms with van der Waals surface area (Å²) in [4.78, 5) is 12.3. The molecule has 3 aromatic heterocycles. The number of aryl methyl sites for hydroxylation is 1. The number of fused-ring (bicyclic) bond motifs is 2. The lowest BCUT2D eigenvalue weighted by molar-refractivity contribution is 0.206. The maximum Gasteiger partial charge on any atom is 0.100 e. The van der Waals surface area contributed by atoms with Crippen LogP contribution >= 0.6 is 0 Å². The number of aromatic nitrogens is 5. The first-order valence-electron chi connectivity index (χ1n) is 12.1. The van der Waals surface area contributed by atoms with Crippen molar-refractivity contribution in [1.29, 1.82) is 5.26 Å². The molecule has 0 bridgehead atoms. The summed E-state index contributed by atoms with van der Waals surface area (Å²) in [6, 6.07) is 16.3. The first-order chi connectivity index (χ1) is 17.1. The van der Waals surface area contributed by atoms with Gasteiger partial charge < -0.3 is 9.47 Å². The van der Waals surface area contributed by atoms with Crippen LogP contribution < -0.4 is 0 Å². The van der Waals surface area contributed by atoms with Crippen LogP contribution in [-0.4, -0.2) is 49.4 Å². The highest BCUT2D eigenvalue weighted by Gasteiger charge is 2.21. The molecule has 0 amide bonds. The molecule has 0 N–H and O–H groups in total. The number of pyridine rings is 1. The zero-order chi connectivity index (χ0) is 23.9. The first-order valence-corrected chi connectivity index (χ1v) is 12.1. The summed E-state index contributed by atoms with van der Waals surface area (Å²) in [6.45, 7) is 3.25. The number of imidazole rings is 1. The second-order valence-corrected chi connectivity index (χ2v) is 9.59. The highest BCUT2D eigenvalue weighted by atomic mass is 15.2. The molecule has 0 unspecified atom stereocenters. The number of piperidine rings is 1. The van der Waals surface area contributed by atoms with Crippen molar-refractivity contribution >= 4 is 21.9 Å². The van der Waals surface area contributed by atoms with Crippen LogP contribution in [0.5, 0.6) is 0 Å². The number of likely N-dealkylation sites (tertiary alicyclic amines) is 1. The number of nitriles is 1. The Labute approximate surface area is 204 Å². The molecule has 4 heterocycles. The van der Waals surface area contributed by atoms with Gasteiger partial charge >= 0.3 is 0 Å². The lowest BCUT2D eigenvalue weighted by Crippen LogP contribution is -2.31. The molecule has 35 heavy (non-hydrogen) atoms. The van der Waals surface area contributed by atoms with Gasteiger partial charge in [-0.2, -0.15) is 10.4 Å². The second kappa shape index (κ2) is 8.64. The van der Waals surface area contributed by atoms with Crippen molar-refractivity contribution in [2.75, 3.05) is 20.1 Å². The minimum atomic E-state index is 0.639. The van der Waals surface area contributed by atoms with E-state index in [9.17, 15) is 5.26 Å². The third-order valence-corrected chi connectivity index (χ3v) is 7.28. The molecule has 6 rings (SSSR count). The van der Waals surface area contributed by atoms with Crippen LogP contribution in [0.3, 0.4) is 0 Å². The summed E-state index contributed by atoms with van der Waals surface area (Å²) < 4.78 is 4.14. The van der Waals surface area contributed by atoms with E-state index < -0.39 is 0 Å². The molecule has 0 spiro atoms. The first kappa shape index (κ1) is 21.5. The highest BCUT2D eigenvalue weighted by Crippen LogP contribution is 2.37. The van der Waals surface area contributed by atoms with E-state index in [1.165, 1.54) is 12.8 Å². The SMILES string of the molecule is CN1CCC(Cn2cnc3c(-c4ccc(C#N)cc4)c(-c4ccc5c(cnn5C)c4)ncc32)CC1. The second-order valence-electron chi connectivity index (χ2n) is 9.59. The summed E-state index contributed by atoms with van der Waals surface area (Å²) in [5, 5.41) is 14.8. The quantitative estimate of drug-likeness (QED) is 0.382. The molecule has 1 aliphatic heterocycles. The Hall–Kier alpha value is -4.02. The van der Waals surface area contributed by atoms with E-state index in [0.717, 1.165) is 64.0 Å². The van der Waals surface area contributed by atoms with Gasteiger partial charge in [-0.3, -0.25) is 9.67 Å². The fourth-order valence-corrected chi connectivity index (χ4v) is 5.21. The molecule has 0 saturated carbocycles. The topological polar surface area (TPSA) is 75.6 Å². The average molecular weight is 462 g/mol. The number of nitrogens with zero attached hydrogens (tertiary/aromatic N) is 7. The average Bonchev–Trinajstić information content (AvgIpc) is 3.48. The van der Waals surface area contributed by atoms with Crippen LogP contribution in [0, 0.1) is 17.2 Å². The molecule has 1 aliphatic rings. The summed E-state index contributed by atoms with van der Waals surface area (Å²) in [7, 11) is 4.15. The van der Waals surface area contributed by atoms with Gasteiger partial charge in [0.25, 0.3) is 0 Å². The fraction of sp³-hybridized carbons (Fsp3) is 0.286. The summed E-state index contributed by atoms with van der Waals surface area (Å²) in [5.74, 6) is 0.648. The Morgan fingerprint density at radius 3 is 2.49 bits per heavy atom. The van der Waals surface area contributed by atoms with Crippen molar-refractivity contribution in [3.63, 3.8) is 0 Å². The molecule has 0 atom stereocenters. The van der Waals surface area contributed by atoms with Gasteiger partial charge in [0.15, 0.2) is 0 Å². The van der Waals surface area contributed by atoms with Crippen LogP contribution in [0.15, 0.2) is 61.2 Å². The molecule has 2 aromatic carbocycles. The minimum Gasteiger partial charge on any atom is -0.329 e. The minimum absolute atomic E-state index is 0.639. The van der Waals surface area contributed by atoms with Crippen LogP contribution in [0.1, 0.15) is 18.4 Å². The van der Waals surface area contributed by atoms with Crippen molar-refractivity contribution in [1.82, 2.24) is 29.2 Å². The number of benzene rings is 2. The Morgan fingerprint density at radius 1 is 0.943 bits per heavy atom. The highest BCUT2D eigenvalue weighted by molar-refractivity contribution is 6.00. The Bertz CT molecular complexity index is 1560. The normalized spacial score (nSPS) is 15.1. The number of hydrogen-bond donors (Lipinski definition) is 0. The van der Waals surface area contributed by atoms with Crippen LogP contribution in [0.4, 0.5) is 0 Å². The van der Waals surface area contributed by atoms with Gasteiger partial charge in [0.1, 0.15) is 5.52 Å². The summed E-state index contributed by atoms with van der Waals surface area (Å²) in [6.07, 6.45) is 8.22. The maximum atomic E-state index is 9.29. The van der Waals surface area contributed by atoms with Gasteiger partial charge in [-0.25, -0.2) is 4.98 Å². The number of hydrogen-bond acceptors (Lipinski definition) is 5. The largest absolute Gasteiger partial charge is 0.329 e. The third kappa shape index (κ3) is 3.86. The van der Waals surface area contributed by atoms with Gasteiger partial charge in [0.2, 0.25) is 0 Å². The molecule has 1 saturated heterocycles. The van der Waals surface area contributed by atoms with Crippen molar-refractivity contribution in [3.8, 4) is 28.5 Å². The van der Waals surface area contributed by atoms with E-state index in [4.69, 9.17) is 9.97 Å². The van der Waals surface area contributed by atoms with Crippen molar-refractivity contribution in [2.45, 2.75) is 19.4 Å². The zero-order valence-electron chi connectivity index (χ0n) is 20.0. The summed E-state index contributed by atoms with van der Waals surface area (Å²) >= 11 is 0. The maximum absolute atomic E-state index is 9.29. The molecular formula is C28H27N7. The van der Waals surface area contributed by atoms with E-state index in [2.05, 4.69) is 45.9 Å². The third-order valence-electron chi connectivity index (χ3n) is 7.28. The molecule has 7 heteroatoms. The van der Waals surface area contributed by atoms with Crippen LogP contribution in [0.2, 0.25) is 0 Å². The standard InChI is InChI=1S/C28H27N7/c1-33-11-9-20(10-12-33)17-35-18-31-28-25(35)16-30-27(26(28)21-5-3-19(14-29)4-6-21)22-7-8-24-23(13-22)15-32-34(24)2/h3-8,13,15-16,18,20H,9-12,17H2,1-2H3. The molecule has 5 aromatic rings. The van der Waals surface area contributed by atoms with Crippen molar-refractivity contribution < 1.29 is 0 Å². The van der Waals surface area contributed by atoms with Gasteiger partial charge in [-0.1, -0.05) is 18.2 Å². The van der Waals surface area contributed by atoms with Crippen LogP contribution in [0.25, 0.3) is 44.3 Å². The van der Waals surface area contributed by atoms with Gasteiger partial charge in [0.05, 0.1) is 47.1 Å². The predicted molar refractivity (Wildman–Crippen MR) is 138 cm³/mol. The zero-order valence-corrected chi connectivity index (χ0v) is 20.0. The van der Waals surface area contributed by atoms with Crippen LogP contribution in [-0.2, 0) is 13.6 Å². The molecule has 1 fully saturated rings. The monoisotopic (exact) mass is 461 g/mol. The molecule has 0 aliphatic carbocycles. The number of rotatable bonds is 4. The Kier molecular flexibility index (Phi) is 5.31. The van der Waals surface area contributed by atoms with E-state index in [-0.39, 0.29) is 0 Å². The van der Waals surface area contributed by atoms with E-state index in [0.29, 0.717) is 11.5 Å². The van der Waals surface area contributed by atoms with E-state index >= 15 is 0 Å². The Morgan fingerprint density at radius 2 is 1.71 bits per heavy atom. The predicted octanol–water partition coefficient (Wildman–Crippen LogP) is 4.87. The van der Waals surface area contributed by atoms with Gasteiger partial charge in [0, 0.05) is 30.1 Å². The van der Waals surface area contributed by atoms with E-state index in [1.54, 1.807) is 0 Å². The molecule has 0 radical (unpaired) electrons. The smallest absolute Gasteiger partial charge is 0.100 e.